The van der Waals surface area contributed by atoms with Crippen molar-refractivity contribution in [3.63, 3.8) is 0 Å². The molecule has 4 N–H and O–H groups in total. The molecule has 0 amide bonds. The first kappa shape index (κ1) is 20.8. The number of thiazole rings is 1. The summed E-state index contributed by atoms with van der Waals surface area (Å²) in [6.45, 7) is 0.561. The van der Waals surface area contributed by atoms with E-state index in [4.69, 9.17) is 10.2 Å². The van der Waals surface area contributed by atoms with Crippen LogP contribution in [0.1, 0.15) is 4.88 Å². The molecule has 0 aliphatic heterocycles. The molecule has 2 aromatic rings. The molecule has 21 heavy (non-hydrogen) atoms. The monoisotopic (exact) mass is 463 g/mol. The quantitative estimate of drug-likeness (QED) is 0.593. The zero-order chi connectivity index (χ0) is 14.2. The van der Waals surface area contributed by atoms with E-state index in [0.29, 0.717) is 17.4 Å². The van der Waals surface area contributed by atoms with E-state index < -0.39 is 7.60 Å². The smallest absolute Gasteiger partial charge is 0.360 e. The predicted molar refractivity (Wildman–Crippen MR) is 93.9 cm³/mol. The van der Waals surface area contributed by atoms with E-state index >= 15 is 0 Å². The van der Waals surface area contributed by atoms with Crippen LogP contribution in [0.5, 0.6) is 0 Å². The van der Waals surface area contributed by atoms with Gasteiger partial charge in [0.2, 0.25) is 0 Å². The Labute approximate surface area is 146 Å². The van der Waals surface area contributed by atoms with Gasteiger partial charge in [-0.05, 0) is 20.2 Å². The van der Waals surface area contributed by atoms with E-state index in [0.717, 1.165) is 4.88 Å². The lowest BCUT2D eigenvalue weighted by molar-refractivity contribution is 0.387. The van der Waals surface area contributed by atoms with Crippen LogP contribution >= 0.6 is 52.9 Å². The molecule has 0 spiro atoms. The van der Waals surface area contributed by atoms with Crippen LogP contribution in [-0.4, -0.2) is 33.8 Å². The predicted octanol–water partition coefficient (Wildman–Crippen LogP) is 2.01. The fraction of sp³-hybridized carbons (Fsp3) is 0.300. The van der Waals surface area contributed by atoms with E-state index in [-0.39, 0.29) is 45.0 Å². The average molecular weight is 465 g/mol. The fourth-order valence-corrected chi connectivity index (χ4v) is 3.28. The summed E-state index contributed by atoms with van der Waals surface area (Å²) in [5.41, 5.74) is 6.06. The summed E-state index contributed by atoms with van der Waals surface area (Å²) >= 11 is 1.27. The number of nitrogens with zero attached hydrogens (tertiary/aromatic N) is 2. The summed E-state index contributed by atoms with van der Waals surface area (Å²) in [6.07, 6.45) is 1.23. The highest BCUT2D eigenvalue weighted by Crippen LogP contribution is 2.40. The van der Waals surface area contributed by atoms with Gasteiger partial charge in [-0.25, -0.2) is 4.98 Å². The number of nitrogen functional groups attached to an aromatic ring is 1. The number of anilines is 1. The molecule has 0 bridgehead atoms. The third kappa shape index (κ3) is 4.88. The summed E-state index contributed by atoms with van der Waals surface area (Å²) in [5, 5.41) is 0.165. The number of hydrogen-bond donors (Lipinski definition) is 3. The van der Waals surface area contributed by atoms with Crippen molar-refractivity contribution in [3.05, 3.63) is 17.2 Å². The van der Waals surface area contributed by atoms with Crippen LogP contribution in [-0.2, 0) is 11.1 Å². The van der Waals surface area contributed by atoms with Gasteiger partial charge in [0.25, 0.3) is 0 Å². The Balaban J connectivity index is 0.00000200. The van der Waals surface area contributed by atoms with E-state index in [1.807, 2.05) is 19.0 Å². The van der Waals surface area contributed by atoms with Crippen LogP contribution in [0.4, 0.5) is 5.13 Å². The Hall–Kier alpha value is -0.220. The van der Waals surface area contributed by atoms with Gasteiger partial charge < -0.3 is 24.8 Å². The van der Waals surface area contributed by atoms with Gasteiger partial charge in [-0.3, -0.25) is 4.57 Å². The molecule has 0 aromatic carbocycles. The highest BCUT2D eigenvalue weighted by atomic mass is 79.9. The third-order valence-corrected chi connectivity index (χ3v) is 4.20. The molecule has 0 atom stereocenters. The first-order valence-electron chi connectivity index (χ1n) is 5.33. The van der Waals surface area contributed by atoms with Gasteiger partial charge in [0, 0.05) is 6.54 Å². The van der Waals surface area contributed by atoms with Gasteiger partial charge in [-0.2, -0.15) is 0 Å². The number of hydrogen-bond acceptors (Lipinski definition) is 6. The van der Waals surface area contributed by atoms with Gasteiger partial charge in [-0.1, -0.05) is 0 Å². The topological polar surface area (TPSA) is 113 Å². The van der Waals surface area contributed by atoms with Crippen molar-refractivity contribution in [1.82, 2.24) is 9.88 Å². The zero-order valence-electron chi connectivity index (χ0n) is 11.2. The normalized spacial score (nSPS) is 11.1. The lowest BCUT2D eigenvalue weighted by Gasteiger charge is -2.09. The molecule has 2 rings (SSSR count). The van der Waals surface area contributed by atoms with E-state index in [1.165, 1.54) is 23.7 Å². The molecule has 7 nitrogen and oxygen atoms in total. The van der Waals surface area contributed by atoms with E-state index in [9.17, 15) is 14.4 Å². The van der Waals surface area contributed by atoms with Crippen molar-refractivity contribution >= 4 is 63.3 Å². The minimum atomic E-state index is -4.40. The minimum absolute atomic E-state index is 0. The molecular formula is C10H16Br2N3O4PS. The number of halogens is 2. The van der Waals surface area contributed by atoms with Crippen LogP contribution in [0.25, 0.3) is 11.5 Å². The van der Waals surface area contributed by atoms with Crippen molar-refractivity contribution in [2.24, 2.45) is 0 Å². The van der Waals surface area contributed by atoms with Crippen molar-refractivity contribution in [2.75, 3.05) is 19.8 Å². The first-order valence-corrected chi connectivity index (χ1v) is 7.76. The SMILES string of the molecule is Br.Br.CN(C)Cc1sc(N)nc1-c1occc1P(=O)(O)O. The van der Waals surface area contributed by atoms with Crippen LogP contribution in [0.3, 0.4) is 0 Å². The molecule has 0 fully saturated rings. The second-order valence-corrected chi connectivity index (χ2v) is 6.93. The highest BCUT2D eigenvalue weighted by Gasteiger charge is 2.28. The maximum absolute atomic E-state index is 11.4. The van der Waals surface area contributed by atoms with Crippen LogP contribution in [0.2, 0.25) is 0 Å². The highest BCUT2D eigenvalue weighted by molar-refractivity contribution is 8.93. The van der Waals surface area contributed by atoms with Gasteiger partial charge in [0.15, 0.2) is 10.9 Å². The Bertz CT molecular complexity index is 640. The lowest BCUT2D eigenvalue weighted by atomic mass is 10.3. The summed E-state index contributed by atoms with van der Waals surface area (Å²) in [6, 6.07) is 1.26. The largest absolute Gasteiger partial charge is 0.462 e. The lowest BCUT2D eigenvalue weighted by Crippen LogP contribution is -2.11. The molecule has 2 heterocycles. The van der Waals surface area contributed by atoms with Crippen LogP contribution in [0, 0.1) is 0 Å². The maximum atomic E-state index is 11.4. The fourth-order valence-electron chi connectivity index (χ4n) is 1.65. The summed E-state index contributed by atoms with van der Waals surface area (Å²) < 4.78 is 16.6. The Morgan fingerprint density at radius 2 is 2.05 bits per heavy atom. The molecule has 11 heteroatoms. The van der Waals surface area contributed by atoms with Crippen LogP contribution in [0.15, 0.2) is 16.7 Å². The molecular weight excluding hydrogens is 449 g/mol. The first-order chi connectivity index (χ1) is 8.79. The Kier molecular flexibility index (Phi) is 7.78. The second kappa shape index (κ2) is 7.87. The number of rotatable bonds is 4. The van der Waals surface area contributed by atoms with Gasteiger partial charge >= 0.3 is 7.60 Å². The summed E-state index contributed by atoms with van der Waals surface area (Å²) in [5.74, 6) is 0.0816. The molecule has 0 saturated carbocycles. The molecule has 0 aliphatic carbocycles. The molecule has 120 valence electrons. The van der Waals surface area contributed by atoms with Crippen molar-refractivity contribution < 1.29 is 18.8 Å². The molecule has 0 unspecified atom stereocenters. The van der Waals surface area contributed by atoms with E-state index in [1.54, 1.807) is 0 Å². The van der Waals surface area contributed by atoms with Crippen molar-refractivity contribution in [2.45, 2.75) is 6.54 Å². The van der Waals surface area contributed by atoms with Crippen molar-refractivity contribution in [3.8, 4) is 11.5 Å². The minimum Gasteiger partial charge on any atom is -0.462 e. The standard InChI is InChI=1S/C10H14N3O4PS.2BrH/c1-13(2)5-7-8(12-10(11)19-7)9-6(3-4-17-9)18(14,15)16;;/h3-4H,5H2,1-2H3,(H2,11,12)(H2,14,15,16);2*1H. The number of furan rings is 1. The number of aromatic nitrogens is 1. The summed E-state index contributed by atoms with van der Waals surface area (Å²) in [4.78, 5) is 25.4. The van der Waals surface area contributed by atoms with E-state index in [2.05, 4.69) is 4.98 Å². The number of nitrogens with two attached hydrogens (primary N) is 1. The average Bonchev–Trinajstić information content (AvgIpc) is 2.82. The maximum Gasteiger partial charge on any atom is 0.360 e. The zero-order valence-corrected chi connectivity index (χ0v) is 16.4. The third-order valence-electron chi connectivity index (χ3n) is 2.35. The molecule has 0 aliphatic rings. The van der Waals surface area contributed by atoms with Gasteiger partial charge in [-0.15, -0.1) is 45.3 Å². The Morgan fingerprint density at radius 3 is 2.57 bits per heavy atom. The second-order valence-electron chi connectivity index (χ2n) is 4.24. The molecule has 2 aromatic heterocycles. The molecule has 0 radical (unpaired) electrons. The Morgan fingerprint density at radius 1 is 1.43 bits per heavy atom. The summed E-state index contributed by atoms with van der Waals surface area (Å²) in [7, 11) is -0.640. The van der Waals surface area contributed by atoms with Gasteiger partial charge in [0.05, 0.1) is 11.1 Å². The van der Waals surface area contributed by atoms with Gasteiger partial charge in [0.1, 0.15) is 11.0 Å². The molecule has 0 saturated heterocycles. The van der Waals surface area contributed by atoms with Crippen molar-refractivity contribution in [1.29, 1.82) is 0 Å². The van der Waals surface area contributed by atoms with Crippen LogP contribution < -0.4 is 11.0 Å².